The van der Waals surface area contributed by atoms with E-state index in [0.29, 0.717) is 0 Å². The van der Waals surface area contributed by atoms with Gasteiger partial charge in [-0.05, 0) is 0 Å². The van der Waals surface area contributed by atoms with Crippen LogP contribution in [0.4, 0.5) is 0 Å². The minimum atomic E-state index is -2.56. The normalized spacial score (nSPS) is 19.5. The van der Waals surface area contributed by atoms with Gasteiger partial charge in [0.05, 0.1) is 0 Å². The summed E-state index contributed by atoms with van der Waals surface area (Å²) < 4.78 is 20.0. The molecule has 8 heteroatoms. The van der Waals surface area contributed by atoms with E-state index < -0.39 is 13.7 Å². The molecule has 0 spiro atoms. The number of rotatable bonds is 6. The molecule has 0 fully saturated rings. The summed E-state index contributed by atoms with van der Waals surface area (Å²) in [6.45, 7) is 2.82. The van der Waals surface area contributed by atoms with Gasteiger partial charge < -0.3 is 0 Å². The molecule has 0 saturated heterocycles. The summed E-state index contributed by atoms with van der Waals surface area (Å²) in [7, 11) is -2.56. The molecule has 0 bridgehead atoms. The van der Waals surface area contributed by atoms with Crippen molar-refractivity contribution in [2.75, 3.05) is 19.8 Å². The first-order chi connectivity index (χ1) is 5.66. The van der Waals surface area contributed by atoms with Gasteiger partial charge in [-0.25, -0.2) is 0 Å². The summed E-state index contributed by atoms with van der Waals surface area (Å²) in [6, 6.07) is 0. The van der Waals surface area contributed by atoms with Crippen molar-refractivity contribution in [1.82, 2.24) is 0 Å². The predicted molar refractivity (Wildman–Crippen MR) is 44.4 cm³/mol. The molecule has 66 valence electrons. The zero-order chi connectivity index (χ0) is 9.03. The topological polar surface area (TPSA) is 76.0 Å². The fraction of sp³-hybridized carbons (Fsp3) is 1.00. The summed E-state index contributed by atoms with van der Waals surface area (Å²) in [5.74, 6) is 0. The summed E-state index contributed by atoms with van der Waals surface area (Å²) in [6.07, 6.45) is 0. The van der Waals surface area contributed by atoms with Gasteiger partial charge in [-0.3, -0.25) is 0 Å². The Kier molecular flexibility index (Phi) is 3.80. The third-order valence-corrected chi connectivity index (χ3v) is 2.10. The molecule has 0 aliphatic carbocycles. The molecule has 12 heavy (non-hydrogen) atoms. The van der Waals surface area contributed by atoms with E-state index in [-0.39, 0.29) is 19.8 Å². The van der Waals surface area contributed by atoms with Crippen LogP contribution in [0.1, 0.15) is 0 Å². The number of aliphatic hydroxyl groups is 2. The van der Waals surface area contributed by atoms with Crippen molar-refractivity contribution in [3.05, 3.63) is 0 Å². The standard InChI is InChI=1S/C4H9B2O5P/c7-1-2-10-12(9)11-3-4(8)5-6-4/h7-8,12H,1-3H2. The second-order valence-corrected chi connectivity index (χ2v) is 3.51. The van der Waals surface area contributed by atoms with Gasteiger partial charge in [-0.1, -0.05) is 0 Å². The first-order valence-corrected chi connectivity index (χ1v) is 4.72. The molecule has 0 aromatic carbocycles. The Hall–Kier alpha value is 0.200. The van der Waals surface area contributed by atoms with Crippen LogP contribution in [0.3, 0.4) is 0 Å². The summed E-state index contributed by atoms with van der Waals surface area (Å²) in [5, 5.41) is 16.4. The predicted octanol–water partition coefficient (Wildman–Crippen LogP) is -1.62. The zero-order valence-electron chi connectivity index (χ0n) is 6.40. The Labute approximate surface area is 71.7 Å². The molecule has 2 N–H and O–H groups in total. The molecule has 1 aliphatic rings. The van der Waals surface area contributed by atoms with Crippen LogP contribution in [-0.2, 0) is 13.6 Å². The fourth-order valence-corrected chi connectivity index (χ4v) is 1.23. The number of aliphatic hydroxyl groups excluding tert-OH is 1. The molecule has 5 nitrogen and oxygen atoms in total. The van der Waals surface area contributed by atoms with Crippen LogP contribution in [0.15, 0.2) is 0 Å². The van der Waals surface area contributed by atoms with Gasteiger partial charge in [-0.2, -0.15) is 0 Å². The van der Waals surface area contributed by atoms with Crippen LogP contribution >= 0.6 is 8.25 Å². The van der Waals surface area contributed by atoms with Crippen molar-refractivity contribution in [2.24, 2.45) is 0 Å². The number of hydrogen-bond donors (Lipinski definition) is 2. The Balaban J connectivity index is 2.02. The maximum atomic E-state index is 10.8. The first kappa shape index (κ1) is 10.3. The van der Waals surface area contributed by atoms with E-state index in [1.807, 2.05) is 0 Å². The number of hydrogen-bond acceptors (Lipinski definition) is 5. The van der Waals surface area contributed by atoms with Gasteiger partial charge in [-0.15, -0.1) is 0 Å². The van der Waals surface area contributed by atoms with Crippen molar-refractivity contribution >= 4 is 21.9 Å². The molecule has 0 amide bonds. The van der Waals surface area contributed by atoms with Gasteiger partial charge >= 0.3 is 70.9 Å². The second-order valence-electron chi connectivity index (χ2n) is 2.44. The van der Waals surface area contributed by atoms with Gasteiger partial charge in [0.1, 0.15) is 0 Å². The molecule has 0 saturated carbocycles. The van der Waals surface area contributed by atoms with E-state index >= 15 is 0 Å². The van der Waals surface area contributed by atoms with E-state index in [1.165, 1.54) is 13.6 Å². The average molecular weight is 190 g/mol. The van der Waals surface area contributed by atoms with Gasteiger partial charge in [0.2, 0.25) is 0 Å². The molecular formula is C4H9B2O5P. The molecule has 0 aromatic heterocycles. The van der Waals surface area contributed by atoms with Gasteiger partial charge in [0.25, 0.3) is 0 Å². The molecule has 1 rings (SSSR count). The van der Waals surface area contributed by atoms with Crippen LogP contribution in [0.25, 0.3) is 0 Å². The Morgan fingerprint density at radius 3 is 2.58 bits per heavy atom. The fourth-order valence-electron chi connectivity index (χ4n) is 0.538. The van der Waals surface area contributed by atoms with E-state index in [1.54, 1.807) is 0 Å². The molecule has 1 heterocycles. The van der Waals surface area contributed by atoms with Gasteiger partial charge in [0.15, 0.2) is 0 Å². The molecule has 1 aliphatic heterocycles. The Bertz CT molecular complexity index is 202. The van der Waals surface area contributed by atoms with Crippen LogP contribution in [0.5, 0.6) is 0 Å². The summed E-state index contributed by atoms with van der Waals surface area (Å²) in [5.41, 5.74) is 0. The molecular weight excluding hydrogens is 181 g/mol. The van der Waals surface area contributed by atoms with Crippen molar-refractivity contribution in [3.8, 4) is 0 Å². The third kappa shape index (κ3) is 3.74. The zero-order valence-corrected chi connectivity index (χ0v) is 7.40. The SMILES string of the molecule is O=[PH](OCCO)OCC1(O)B=B1. The summed E-state index contributed by atoms with van der Waals surface area (Å²) in [4.78, 5) is 0. The maximum absolute atomic E-state index is 10.8. The van der Waals surface area contributed by atoms with Crippen LogP contribution in [0, 0.1) is 0 Å². The Morgan fingerprint density at radius 2 is 2.08 bits per heavy atom. The van der Waals surface area contributed by atoms with Crippen molar-refractivity contribution in [3.63, 3.8) is 0 Å². The van der Waals surface area contributed by atoms with Crippen LogP contribution in [0.2, 0.25) is 0 Å². The molecule has 0 radical (unpaired) electrons. The van der Waals surface area contributed by atoms with Crippen molar-refractivity contribution in [2.45, 2.75) is 5.40 Å². The second kappa shape index (κ2) is 4.44. The van der Waals surface area contributed by atoms with E-state index in [2.05, 4.69) is 9.05 Å². The molecule has 1 unspecified atom stereocenters. The van der Waals surface area contributed by atoms with Gasteiger partial charge in [0, 0.05) is 0 Å². The van der Waals surface area contributed by atoms with E-state index in [9.17, 15) is 4.57 Å². The Morgan fingerprint density at radius 1 is 1.42 bits per heavy atom. The van der Waals surface area contributed by atoms with Crippen molar-refractivity contribution in [1.29, 1.82) is 0 Å². The van der Waals surface area contributed by atoms with Crippen LogP contribution < -0.4 is 0 Å². The summed E-state index contributed by atoms with van der Waals surface area (Å²) >= 11 is 0. The molecule has 1 atom stereocenters. The first-order valence-electron chi connectivity index (χ1n) is 3.49. The van der Waals surface area contributed by atoms with E-state index in [0.717, 1.165) is 0 Å². The monoisotopic (exact) mass is 190 g/mol. The quantitative estimate of drug-likeness (QED) is 0.388. The van der Waals surface area contributed by atoms with Crippen molar-refractivity contribution < 1.29 is 23.8 Å². The van der Waals surface area contributed by atoms with Crippen LogP contribution in [-0.4, -0.2) is 49.0 Å². The average Bonchev–Trinajstić information content (AvgIpc) is 2.77. The minimum absolute atomic E-state index is 0.0103. The van der Waals surface area contributed by atoms with E-state index in [4.69, 9.17) is 10.2 Å². The molecule has 0 aromatic rings. The third-order valence-electron chi connectivity index (χ3n) is 1.28.